The van der Waals surface area contributed by atoms with Crippen LogP contribution in [0.25, 0.3) is 16.5 Å². The molecule has 1 aliphatic heterocycles. The molecule has 1 N–H and O–H groups in total. The van der Waals surface area contributed by atoms with E-state index in [0.29, 0.717) is 35.0 Å². The van der Waals surface area contributed by atoms with Crippen LogP contribution in [0.4, 0.5) is 0 Å². The van der Waals surface area contributed by atoms with Gasteiger partial charge in [-0.2, -0.15) is 0 Å². The van der Waals surface area contributed by atoms with Gasteiger partial charge in [-0.3, -0.25) is 4.79 Å². The molecule has 0 bridgehead atoms. The quantitative estimate of drug-likeness (QED) is 0.871. The number of aromatic amines is 1. The molecule has 0 aliphatic carbocycles. The highest BCUT2D eigenvalue weighted by molar-refractivity contribution is 6.33. The monoisotopic (exact) mass is 276 g/mol. The Labute approximate surface area is 115 Å². The summed E-state index contributed by atoms with van der Waals surface area (Å²) in [6.45, 7) is 3.03. The van der Waals surface area contributed by atoms with Crippen molar-refractivity contribution in [1.82, 2.24) is 9.97 Å². The molecule has 2 heterocycles. The van der Waals surface area contributed by atoms with Crippen LogP contribution >= 0.6 is 11.6 Å². The number of nitrogens with zero attached hydrogens (tertiary/aromatic N) is 1. The Kier molecular flexibility index (Phi) is 3.12. The van der Waals surface area contributed by atoms with Crippen LogP contribution in [-0.2, 0) is 4.74 Å². The average Bonchev–Trinajstić information content (AvgIpc) is 2.38. The third kappa shape index (κ3) is 2.29. The number of halogens is 1. The number of ether oxygens (including phenoxy) is 1. The molecule has 0 spiro atoms. The first-order valence-electron chi connectivity index (χ1n) is 6.12. The van der Waals surface area contributed by atoms with Gasteiger partial charge in [0.15, 0.2) is 0 Å². The van der Waals surface area contributed by atoms with Gasteiger partial charge in [-0.1, -0.05) is 17.7 Å². The lowest BCUT2D eigenvalue weighted by atomic mass is 10.00. The Bertz CT molecular complexity index is 734. The summed E-state index contributed by atoms with van der Waals surface area (Å²) in [6, 6.07) is 3.57. The number of aromatic nitrogens is 2. The van der Waals surface area contributed by atoms with Crippen molar-refractivity contribution in [1.29, 1.82) is 0 Å². The van der Waals surface area contributed by atoms with Gasteiger partial charge in [0.2, 0.25) is 0 Å². The topological polar surface area (TPSA) is 55.0 Å². The third-order valence-corrected chi connectivity index (χ3v) is 3.53. The lowest BCUT2D eigenvalue weighted by Crippen LogP contribution is -2.10. The van der Waals surface area contributed by atoms with Crippen LogP contribution in [0.1, 0.15) is 17.8 Å². The summed E-state index contributed by atoms with van der Waals surface area (Å²) < 4.78 is 5.29. The lowest BCUT2D eigenvalue weighted by Gasteiger charge is -2.15. The van der Waals surface area contributed by atoms with Crippen LogP contribution < -0.4 is 5.56 Å². The van der Waals surface area contributed by atoms with Crippen LogP contribution in [0.3, 0.4) is 0 Å². The van der Waals surface area contributed by atoms with Crippen molar-refractivity contribution in [2.45, 2.75) is 13.3 Å². The van der Waals surface area contributed by atoms with Crippen molar-refractivity contribution < 1.29 is 4.74 Å². The maximum Gasteiger partial charge on any atom is 0.258 e. The van der Waals surface area contributed by atoms with Crippen molar-refractivity contribution in [3.63, 3.8) is 0 Å². The first kappa shape index (κ1) is 12.4. The van der Waals surface area contributed by atoms with E-state index in [1.54, 1.807) is 13.0 Å². The highest BCUT2D eigenvalue weighted by Gasteiger charge is 2.13. The van der Waals surface area contributed by atoms with Crippen molar-refractivity contribution in [2.75, 3.05) is 13.2 Å². The molecular formula is C14H13ClN2O2. The first-order valence-corrected chi connectivity index (χ1v) is 6.50. The molecule has 2 aromatic rings. The Morgan fingerprint density at radius 1 is 1.42 bits per heavy atom. The molecule has 1 aromatic heterocycles. The lowest BCUT2D eigenvalue weighted by molar-refractivity contribution is 0.161. The Hall–Kier alpha value is -1.65. The van der Waals surface area contributed by atoms with E-state index in [1.807, 2.05) is 12.1 Å². The fraction of sp³-hybridized carbons (Fsp3) is 0.286. The van der Waals surface area contributed by atoms with Crippen LogP contribution in [0.2, 0.25) is 5.02 Å². The highest BCUT2D eigenvalue weighted by Crippen LogP contribution is 2.30. The van der Waals surface area contributed by atoms with Gasteiger partial charge in [-0.05, 0) is 36.6 Å². The molecule has 0 atom stereocenters. The summed E-state index contributed by atoms with van der Waals surface area (Å²) in [4.78, 5) is 19.0. The third-order valence-electron chi connectivity index (χ3n) is 3.22. The molecule has 19 heavy (non-hydrogen) atoms. The smallest absolute Gasteiger partial charge is 0.258 e. The number of fused-ring (bicyclic) bond motifs is 1. The van der Waals surface area contributed by atoms with E-state index in [2.05, 4.69) is 9.97 Å². The van der Waals surface area contributed by atoms with Crippen LogP contribution in [0, 0.1) is 6.92 Å². The molecule has 3 rings (SSSR count). The van der Waals surface area contributed by atoms with Gasteiger partial charge in [-0.15, -0.1) is 0 Å². The molecule has 0 unspecified atom stereocenters. The number of benzene rings is 1. The normalized spacial score (nSPS) is 15.6. The minimum Gasteiger partial charge on any atom is -0.377 e. The van der Waals surface area contributed by atoms with E-state index in [1.165, 1.54) is 0 Å². The second kappa shape index (κ2) is 4.79. The first-order chi connectivity index (χ1) is 9.15. The fourth-order valence-electron chi connectivity index (χ4n) is 2.30. The predicted molar refractivity (Wildman–Crippen MR) is 75.5 cm³/mol. The van der Waals surface area contributed by atoms with Crippen LogP contribution in [0.15, 0.2) is 23.0 Å². The molecule has 0 radical (unpaired) electrons. The molecular weight excluding hydrogens is 264 g/mol. The van der Waals surface area contributed by atoms with E-state index in [-0.39, 0.29) is 5.56 Å². The zero-order chi connectivity index (χ0) is 13.4. The van der Waals surface area contributed by atoms with E-state index in [4.69, 9.17) is 16.3 Å². The summed E-state index contributed by atoms with van der Waals surface area (Å²) in [5.74, 6) is 0.589. The molecule has 98 valence electrons. The maximum absolute atomic E-state index is 12.0. The van der Waals surface area contributed by atoms with E-state index < -0.39 is 0 Å². The second-order valence-corrected chi connectivity index (χ2v) is 4.96. The van der Waals surface area contributed by atoms with Crippen molar-refractivity contribution in [3.8, 4) is 0 Å². The molecule has 1 aliphatic rings. The standard InChI is InChI=1S/C14H13ClN2O2/c1-8-16-13-7-12(15)10(6-11(13)14(18)17-8)9-2-4-19-5-3-9/h2,6-7H,3-5H2,1H3,(H,16,17,18). The Morgan fingerprint density at radius 3 is 3.00 bits per heavy atom. The van der Waals surface area contributed by atoms with Gasteiger partial charge in [0.05, 0.1) is 29.1 Å². The predicted octanol–water partition coefficient (Wildman–Crippen LogP) is 2.69. The molecule has 0 fully saturated rings. The Balaban J connectivity index is 2.24. The van der Waals surface area contributed by atoms with Crippen molar-refractivity contribution in [3.05, 3.63) is 45.0 Å². The van der Waals surface area contributed by atoms with E-state index in [9.17, 15) is 4.79 Å². The summed E-state index contributed by atoms with van der Waals surface area (Å²) in [7, 11) is 0. The second-order valence-electron chi connectivity index (χ2n) is 4.55. The van der Waals surface area contributed by atoms with E-state index in [0.717, 1.165) is 17.6 Å². The summed E-state index contributed by atoms with van der Waals surface area (Å²) in [5.41, 5.74) is 2.52. The molecule has 0 saturated carbocycles. The number of H-pyrrole nitrogens is 1. The highest BCUT2D eigenvalue weighted by atomic mass is 35.5. The molecule has 4 nitrogen and oxygen atoms in total. The minimum absolute atomic E-state index is 0.131. The minimum atomic E-state index is -0.131. The largest absolute Gasteiger partial charge is 0.377 e. The summed E-state index contributed by atoms with van der Waals surface area (Å²) in [6.07, 6.45) is 2.81. The van der Waals surface area contributed by atoms with E-state index >= 15 is 0 Å². The molecule has 0 saturated heterocycles. The number of rotatable bonds is 1. The molecule has 1 aromatic carbocycles. The van der Waals surface area contributed by atoms with Crippen molar-refractivity contribution >= 4 is 28.1 Å². The van der Waals surface area contributed by atoms with Crippen LogP contribution in [-0.4, -0.2) is 23.2 Å². The van der Waals surface area contributed by atoms with Crippen LogP contribution in [0.5, 0.6) is 0 Å². The van der Waals surface area contributed by atoms with Gasteiger partial charge in [-0.25, -0.2) is 4.98 Å². The molecule has 0 amide bonds. The molecule has 5 heteroatoms. The SMILES string of the molecule is Cc1nc2cc(Cl)c(C3=CCOCC3)cc2c(=O)[nH]1. The average molecular weight is 277 g/mol. The number of nitrogens with one attached hydrogen (secondary N) is 1. The zero-order valence-corrected chi connectivity index (χ0v) is 11.3. The maximum atomic E-state index is 12.0. The van der Waals surface area contributed by atoms with Gasteiger partial charge in [0.25, 0.3) is 5.56 Å². The Morgan fingerprint density at radius 2 is 2.26 bits per heavy atom. The summed E-state index contributed by atoms with van der Waals surface area (Å²) in [5, 5.41) is 1.19. The summed E-state index contributed by atoms with van der Waals surface area (Å²) >= 11 is 6.31. The number of hydrogen-bond donors (Lipinski definition) is 1. The van der Waals surface area contributed by atoms with Gasteiger partial charge in [0.1, 0.15) is 5.82 Å². The van der Waals surface area contributed by atoms with Gasteiger partial charge >= 0.3 is 0 Å². The van der Waals surface area contributed by atoms with Crippen molar-refractivity contribution in [2.24, 2.45) is 0 Å². The van der Waals surface area contributed by atoms with Gasteiger partial charge in [0, 0.05) is 0 Å². The van der Waals surface area contributed by atoms with Gasteiger partial charge < -0.3 is 9.72 Å². The zero-order valence-electron chi connectivity index (χ0n) is 10.5. The fourth-order valence-corrected chi connectivity index (χ4v) is 2.57. The number of aryl methyl sites for hydroxylation is 1. The number of hydrogen-bond acceptors (Lipinski definition) is 3.